The monoisotopic (exact) mass is 467 g/mol. The van der Waals surface area contributed by atoms with E-state index >= 15 is 0 Å². The van der Waals surface area contributed by atoms with Crippen LogP contribution in [0.5, 0.6) is 5.75 Å². The third-order valence-corrected chi connectivity index (χ3v) is 6.48. The summed E-state index contributed by atoms with van der Waals surface area (Å²) < 4.78 is 24.1. The average molecular weight is 468 g/mol. The maximum absolute atomic E-state index is 13.6. The molecule has 0 saturated heterocycles. The summed E-state index contributed by atoms with van der Waals surface area (Å²) in [6.45, 7) is 0.621. The number of rotatable bonds is 9. The molecule has 34 heavy (non-hydrogen) atoms. The maximum atomic E-state index is 13.6. The Hall–Kier alpha value is -3.26. The highest BCUT2D eigenvalue weighted by Crippen LogP contribution is 2.34. The first kappa shape index (κ1) is 23.9. The second kappa shape index (κ2) is 10.8. The molecule has 1 fully saturated rings. The Kier molecular flexibility index (Phi) is 7.57. The molecule has 2 aromatic carbocycles. The molecule has 2 aromatic rings. The molecule has 1 atom stereocenters. The predicted molar refractivity (Wildman–Crippen MR) is 126 cm³/mol. The van der Waals surface area contributed by atoms with Gasteiger partial charge in [-0.05, 0) is 42.7 Å². The number of benzene rings is 2. The number of methoxy groups -OCH3 is 2. The number of carbonyl (C=O) groups excluding carboxylic acids is 2. The Morgan fingerprint density at radius 3 is 2.56 bits per heavy atom. The highest BCUT2D eigenvalue weighted by Gasteiger charge is 2.36. The molecule has 0 bridgehead atoms. The van der Waals surface area contributed by atoms with Gasteiger partial charge in [0.1, 0.15) is 18.1 Å². The van der Waals surface area contributed by atoms with E-state index in [9.17, 15) is 14.0 Å². The second-order valence-corrected chi connectivity index (χ2v) is 8.67. The molecule has 0 N–H and O–H groups in total. The maximum Gasteiger partial charge on any atom is 0.262 e. The molecule has 7 nitrogen and oxygen atoms in total. The zero-order valence-electron chi connectivity index (χ0n) is 19.6. The molecule has 1 heterocycles. The number of amides is 2. The van der Waals surface area contributed by atoms with Gasteiger partial charge in [0, 0.05) is 31.6 Å². The van der Waals surface area contributed by atoms with Crippen molar-refractivity contribution in [2.75, 3.05) is 33.9 Å². The fourth-order valence-electron chi connectivity index (χ4n) is 4.28. The van der Waals surface area contributed by atoms with E-state index in [1.54, 1.807) is 31.3 Å². The van der Waals surface area contributed by atoms with E-state index in [0.717, 1.165) is 36.1 Å². The fraction of sp³-hybridized carbons (Fsp3) is 0.423. The van der Waals surface area contributed by atoms with Gasteiger partial charge in [-0.2, -0.15) is 5.10 Å². The SMILES string of the molecule is COCCN(CC(=O)N1N=C(c2cccc(OC)c2)CC1c1ccc(F)cc1)C(=O)C1CCC1. The van der Waals surface area contributed by atoms with E-state index in [1.807, 2.05) is 24.3 Å². The van der Waals surface area contributed by atoms with Crippen LogP contribution in [-0.2, 0) is 14.3 Å². The van der Waals surface area contributed by atoms with E-state index in [-0.39, 0.29) is 30.1 Å². The minimum absolute atomic E-state index is 0.00817. The van der Waals surface area contributed by atoms with Crippen molar-refractivity contribution in [3.8, 4) is 5.75 Å². The number of ether oxygens (including phenoxy) is 2. The van der Waals surface area contributed by atoms with E-state index in [2.05, 4.69) is 5.10 Å². The second-order valence-electron chi connectivity index (χ2n) is 8.67. The molecule has 0 spiro atoms. The molecule has 2 aliphatic rings. The Morgan fingerprint density at radius 1 is 1.15 bits per heavy atom. The van der Waals surface area contributed by atoms with Crippen molar-refractivity contribution in [2.24, 2.45) is 11.0 Å². The van der Waals surface area contributed by atoms with Crippen LogP contribution in [0.3, 0.4) is 0 Å². The van der Waals surface area contributed by atoms with Crippen molar-refractivity contribution in [2.45, 2.75) is 31.7 Å². The topological polar surface area (TPSA) is 71.4 Å². The van der Waals surface area contributed by atoms with Crippen LogP contribution in [0, 0.1) is 11.7 Å². The van der Waals surface area contributed by atoms with Crippen molar-refractivity contribution in [1.29, 1.82) is 0 Å². The number of hydrogen-bond donors (Lipinski definition) is 0. The van der Waals surface area contributed by atoms with Gasteiger partial charge in [0.2, 0.25) is 5.91 Å². The zero-order valence-corrected chi connectivity index (χ0v) is 19.6. The van der Waals surface area contributed by atoms with Crippen molar-refractivity contribution in [1.82, 2.24) is 9.91 Å². The van der Waals surface area contributed by atoms with Gasteiger partial charge in [-0.1, -0.05) is 30.7 Å². The lowest BCUT2D eigenvalue weighted by atomic mass is 9.84. The van der Waals surface area contributed by atoms with Crippen LogP contribution < -0.4 is 4.74 Å². The summed E-state index contributed by atoms with van der Waals surface area (Å²) >= 11 is 0. The summed E-state index contributed by atoms with van der Waals surface area (Å²) in [7, 11) is 3.17. The normalized spacial score (nSPS) is 17.8. The Balaban J connectivity index is 1.60. The van der Waals surface area contributed by atoms with Gasteiger partial charge in [0.15, 0.2) is 0 Å². The zero-order chi connectivity index (χ0) is 24.1. The number of carbonyl (C=O) groups is 2. The minimum Gasteiger partial charge on any atom is -0.497 e. The summed E-state index contributed by atoms with van der Waals surface area (Å²) in [6, 6.07) is 13.2. The standard InChI is InChI=1S/C26H30FN3O4/c1-33-14-13-29(26(32)19-5-3-6-19)17-25(31)30-24(18-9-11-21(27)12-10-18)16-23(28-30)20-7-4-8-22(15-20)34-2/h4,7-12,15,19,24H,3,5-6,13-14,16-17H2,1-2H3. The first-order chi connectivity index (χ1) is 16.5. The molecule has 4 rings (SSSR count). The smallest absolute Gasteiger partial charge is 0.262 e. The van der Waals surface area contributed by atoms with Gasteiger partial charge in [-0.15, -0.1) is 0 Å². The highest BCUT2D eigenvalue weighted by atomic mass is 19.1. The van der Waals surface area contributed by atoms with Crippen molar-refractivity contribution in [3.05, 3.63) is 65.5 Å². The van der Waals surface area contributed by atoms with Gasteiger partial charge >= 0.3 is 0 Å². The first-order valence-electron chi connectivity index (χ1n) is 11.6. The van der Waals surface area contributed by atoms with Crippen LogP contribution in [0.1, 0.15) is 42.9 Å². The van der Waals surface area contributed by atoms with E-state index < -0.39 is 6.04 Å². The molecular formula is C26H30FN3O4. The van der Waals surface area contributed by atoms with Crippen LogP contribution in [0.25, 0.3) is 0 Å². The molecule has 1 unspecified atom stereocenters. The van der Waals surface area contributed by atoms with E-state index in [1.165, 1.54) is 17.1 Å². The van der Waals surface area contributed by atoms with Crippen molar-refractivity contribution < 1.29 is 23.5 Å². The number of halogens is 1. The van der Waals surface area contributed by atoms with Crippen molar-refractivity contribution in [3.63, 3.8) is 0 Å². The van der Waals surface area contributed by atoms with Gasteiger partial charge in [-0.25, -0.2) is 9.40 Å². The quantitative estimate of drug-likeness (QED) is 0.563. The molecular weight excluding hydrogens is 437 g/mol. The number of hydrazone groups is 1. The molecule has 1 aliphatic carbocycles. The number of nitrogens with zero attached hydrogens (tertiary/aromatic N) is 3. The summed E-state index contributed by atoms with van der Waals surface area (Å²) in [5, 5.41) is 6.11. The summed E-state index contributed by atoms with van der Waals surface area (Å²) in [4.78, 5) is 28.0. The van der Waals surface area contributed by atoms with Gasteiger partial charge in [0.25, 0.3) is 5.91 Å². The van der Waals surface area contributed by atoms with Crippen LogP contribution in [-0.4, -0.2) is 61.4 Å². The van der Waals surface area contributed by atoms with Gasteiger partial charge in [-0.3, -0.25) is 9.59 Å². The largest absolute Gasteiger partial charge is 0.497 e. The average Bonchev–Trinajstić information content (AvgIpc) is 3.26. The van der Waals surface area contributed by atoms with Crippen LogP contribution in [0.4, 0.5) is 4.39 Å². The fourth-order valence-corrected chi connectivity index (χ4v) is 4.28. The Labute approximate surface area is 199 Å². The molecule has 180 valence electrons. The predicted octanol–water partition coefficient (Wildman–Crippen LogP) is 3.79. The Bertz CT molecular complexity index is 1050. The van der Waals surface area contributed by atoms with E-state index in [4.69, 9.17) is 9.47 Å². The third kappa shape index (κ3) is 5.28. The summed E-state index contributed by atoms with van der Waals surface area (Å²) in [6.07, 6.45) is 3.22. The van der Waals surface area contributed by atoms with E-state index in [0.29, 0.717) is 25.3 Å². The van der Waals surface area contributed by atoms with Gasteiger partial charge in [0.05, 0.1) is 25.5 Å². The lowest BCUT2D eigenvalue weighted by Gasteiger charge is -2.32. The Morgan fingerprint density at radius 2 is 1.91 bits per heavy atom. The third-order valence-electron chi connectivity index (χ3n) is 6.48. The highest BCUT2D eigenvalue weighted by molar-refractivity contribution is 6.03. The molecule has 2 amide bonds. The minimum atomic E-state index is -0.391. The molecule has 8 heteroatoms. The molecule has 1 saturated carbocycles. The lowest BCUT2D eigenvalue weighted by molar-refractivity contribution is -0.146. The molecule has 0 radical (unpaired) electrons. The summed E-state index contributed by atoms with van der Waals surface area (Å²) in [5.41, 5.74) is 2.36. The first-order valence-corrected chi connectivity index (χ1v) is 11.6. The van der Waals surface area contributed by atoms with Crippen LogP contribution in [0.15, 0.2) is 53.6 Å². The number of hydrogen-bond acceptors (Lipinski definition) is 5. The van der Waals surface area contributed by atoms with Crippen molar-refractivity contribution >= 4 is 17.5 Å². The van der Waals surface area contributed by atoms with Crippen LogP contribution >= 0.6 is 0 Å². The van der Waals surface area contributed by atoms with Gasteiger partial charge < -0.3 is 14.4 Å². The lowest BCUT2D eigenvalue weighted by Crippen LogP contribution is -2.46. The summed E-state index contributed by atoms with van der Waals surface area (Å²) in [5.74, 6) is 0.0414. The van der Waals surface area contributed by atoms with Crippen LogP contribution in [0.2, 0.25) is 0 Å². The molecule has 0 aromatic heterocycles. The molecule has 1 aliphatic heterocycles.